The van der Waals surface area contributed by atoms with Crippen molar-refractivity contribution in [2.75, 3.05) is 13.2 Å². The number of alkyl halides is 1. The van der Waals surface area contributed by atoms with Crippen LogP contribution in [0.1, 0.15) is 50.0 Å². The van der Waals surface area contributed by atoms with Gasteiger partial charge >= 0.3 is 0 Å². The Morgan fingerprint density at radius 1 is 0.794 bits per heavy atom. The number of hydrogen-bond donors (Lipinski definition) is 0. The van der Waals surface area contributed by atoms with Crippen molar-refractivity contribution in [1.82, 2.24) is 0 Å². The van der Waals surface area contributed by atoms with Gasteiger partial charge in [-0.1, -0.05) is 19.8 Å². The Balaban J connectivity index is 0.000000248. The van der Waals surface area contributed by atoms with E-state index in [1.54, 1.807) is 0 Å². The van der Waals surface area contributed by atoms with E-state index in [0.717, 1.165) is 18.1 Å². The minimum atomic E-state index is -1.65. The van der Waals surface area contributed by atoms with Gasteiger partial charge in [-0.2, -0.15) is 0 Å². The molecule has 2 aliphatic rings. The Labute approximate surface area is 192 Å². The zero-order valence-corrected chi connectivity index (χ0v) is 18.4. The summed E-state index contributed by atoms with van der Waals surface area (Å²) in [6, 6.07) is 3.01. The molecule has 1 aliphatic carbocycles. The highest BCUT2D eigenvalue weighted by atomic mass is 19.3. The second-order valence-electron chi connectivity index (χ2n) is 8.65. The Kier molecular flexibility index (Phi) is 9.18. The molecule has 3 nitrogen and oxygen atoms in total. The number of rotatable bonds is 4. The zero-order valence-electron chi connectivity index (χ0n) is 18.4. The van der Waals surface area contributed by atoms with Gasteiger partial charge in [0.05, 0.1) is 18.8 Å². The van der Waals surface area contributed by atoms with Crippen molar-refractivity contribution >= 4 is 0 Å². The highest BCUT2D eigenvalue weighted by molar-refractivity contribution is 5.27. The van der Waals surface area contributed by atoms with E-state index in [1.807, 2.05) is 0 Å². The highest BCUT2D eigenvalue weighted by Gasteiger charge is 2.32. The molecule has 34 heavy (non-hydrogen) atoms. The van der Waals surface area contributed by atoms with Gasteiger partial charge in [-0.15, -0.1) is 0 Å². The van der Waals surface area contributed by atoms with E-state index < -0.39 is 53.4 Å². The van der Waals surface area contributed by atoms with Crippen molar-refractivity contribution in [1.29, 1.82) is 0 Å². The lowest BCUT2D eigenvalue weighted by Gasteiger charge is -2.37. The molecule has 2 aromatic rings. The number of hydrogen-bond acceptors (Lipinski definition) is 3. The quantitative estimate of drug-likeness (QED) is 0.330. The average molecular weight is 494 g/mol. The van der Waals surface area contributed by atoms with Crippen molar-refractivity contribution in [3.63, 3.8) is 0 Å². The van der Waals surface area contributed by atoms with Crippen LogP contribution in [0.2, 0.25) is 0 Å². The van der Waals surface area contributed by atoms with Gasteiger partial charge in [-0.3, -0.25) is 4.94 Å². The molecule has 10 heteroatoms. The van der Waals surface area contributed by atoms with Crippen LogP contribution in [0.3, 0.4) is 0 Å². The SMILES string of the molecule is CC1CCC(C2COC(c3cc(F)c(CF)c(F)c3)OC2)CC1.FOc1cc(F)c(F)c(F)c1. The fourth-order valence-corrected chi connectivity index (χ4v) is 4.20. The first-order valence-corrected chi connectivity index (χ1v) is 10.9. The van der Waals surface area contributed by atoms with E-state index >= 15 is 0 Å². The summed E-state index contributed by atoms with van der Waals surface area (Å²) in [4.78, 5) is 2.98. The van der Waals surface area contributed by atoms with Crippen LogP contribution < -0.4 is 4.94 Å². The molecule has 0 aromatic heterocycles. The summed E-state index contributed by atoms with van der Waals surface area (Å²) in [5.41, 5.74) is -0.272. The average Bonchev–Trinajstić information content (AvgIpc) is 2.83. The molecule has 0 amide bonds. The van der Waals surface area contributed by atoms with Crippen LogP contribution in [0.25, 0.3) is 0 Å². The lowest BCUT2D eigenvalue weighted by Crippen LogP contribution is -2.34. The summed E-state index contributed by atoms with van der Waals surface area (Å²) in [7, 11) is 0. The van der Waals surface area contributed by atoms with E-state index in [2.05, 4.69) is 11.9 Å². The lowest BCUT2D eigenvalue weighted by atomic mass is 9.76. The normalized spacial score (nSPS) is 24.8. The van der Waals surface area contributed by atoms with Crippen molar-refractivity contribution < 1.29 is 45.3 Å². The van der Waals surface area contributed by atoms with Crippen molar-refractivity contribution in [2.45, 2.75) is 45.6 Å². The molecule has 188 valence electrons. The topological polar surface area (TPSA) is 27.7 Å². The standard InChI is InChI=1S/C18H23F3O2.C6H2F4O/c1-11-2-4-12(5-3-11)14-9-22-18(23-10-14)13-6-16(20)15(8-19)17(21)7-13;7-4-1-3(11-10)2-5(8)6(4)9/h6-7,11-12,14,18H,2-5,8-10H2,1H3;1-2H. The van der Waals surface area contributed by atoms with Crippen LogP contribution in [-0.2, 0) is 16.1 Å². The third-order valence-corrected chi connectivity index (χ3v) is 6.27. The molecular formula is C24H25F7O3. The van der Waals surface area contributed by atoms with Crippen molar-refractivity contribution in [2.24, 2.45) is 17.8 Å². The van der Waals surface area contributed by atoms with Crippen LogP contribution >= 0.6 is 0 Å². The molecule has 4 rings (SSSR count). The molecule has 0 radical (unpaired) electrons. The largest absolute Gasteiger partial charge is 0.348 e. The molecule has 0 N–H and O–H groups in total. The smallest absolute Gasteiger partial charge is 0.194 e. The fraction of sp³-hybridized carbons (Fsp3) is 0.500. The van der Waals surface area contributed by atoms with Gasteiger partial charge in [0.25, 0.3) is 0 Å². The van der Waals surface area contributed by atoms with Gasteiger partial charge in [-0.05, 0) is 36.8 Å². The lowest BCUT2D eigenvalue weighted by molar-refractivity contribution is -0.214. The molecule has 0 spiro atoms. The molecule has 1 saturated carbocycles. The first kappa shape index (κ1) is 26.3. The Hall–Kier alpha value is -2.33. The van der Waals surface area contributed by atoms with E-state index in [9.17, 15) is 30.9 Å². The van der Waals surface area contributed by atoms with Gasteiger partial charge in [0, 0.05) is 28.1 Å². The summed E-state index contributed by atoms with van der Waals surface area (Å²) in [6.45, 7) is 2.20. The second-order valence-corrected chi connectivity index (χ2v) is 8.65. The van der Waals surface area contributed by atoms with Gasteiger partial charge in [0.1, 0.15) is 18.3 Å². The van der Waals surface area contributed by atoms with Gasteiger partial charge in [0.2, 0.25) is 0 Å². The summed E-state index contributed by atoms with van der Waals surface area (Å²) < 4.78 is 99.0. The molecule has 2 fully saturated rings. The maximum atomic E-state index is 13.7. The number of halogens is 7. The second kappa shape index (κ2) is 11.9. The van der Waals surface area contributed by atoms with Gasteiger partial charge in [0.15, 0.2) is 29.5 Å². The van der Waals surface area contributed by atoms with E-state index in [0.29, 0.717) is 37.2 Å². The molecule has 0 bridgehead atoms. The Morgan fingerprint density at radius 3 is 1.79 bits per heavy atom. The highest BCUT2D eigenvalue weighted by Crippen LogP contribution is 2.37. The number of benzene rings is 2. The molecule has 0 unspecified atom stereocenters. The van der Waals surface area contributed by atoms with E-state index in [-0.39, 0.29) is 5.56 Å². The van der Waals surface area contributed by atoms with Gasteiger partial charge in [-0.25, -0.2) is 26.3 Å². The maximum absolute atomic E-state index is 13.7. The van der Waals surface area contributed by atoms with E-state index in [1.165, 1.54) is 25.7 Å². The summed E-state index contributed by atoms with van der Waals surface area (Å²) in [6.07, 6.45) is 4.10. The first-order chi connectivity index (χ1) is 16.2. The minimum Gasteiger partial charge on any atom is -0.348 e. The maximum Gasteiger partial charge on any atom is 0.194 e. The summed E-state index contributed by atoms with van der Waals surface area (Å²) >= 11 is 0. The number of ether oxygens (including phenoxy) is 2. The summed E-state index contributed by atoms with van der Waals surface area (Å²) in [5.74, 6) is -5.36. The third kappa shape index (κ3) is 6.41. The van der Waals surface area contributed by atoms with Gasteiger partial charge < -0.3 is 9.47 Å². The Bertz CT molecular complexity index is 910. The zero-order chi connectivity index (χ0) is 24.8. The minimum absolute atomic E-state index is 0.271. The van der Waals surface area contributed by atoms with Crippen LogP contribution in [0.5, 0.6) is 5.75 Å². The molecule has 1 heterocycles. The monoisotopic (exact) mass is 494 g/mol. The molecule has 0 atom stereocenters. The molecule has 1 saturated heterocycles. The third-order valence-electron chi connectivity index (χ3n) is 6.27. The first-order valence-electron chi connectivity index (χ1n) is 10.9. The van der Waals surface area contributed by atoms with Crippen molar-refractivity contribution in [3.8, 4) is 5.75 Å². The Morgan fingerprint density at radius 2 is 1.32 bits per heavy atom. The predicted octanol–water partition coefficient (Wildman–Crippen LogP) is 7.29. The van der Waals surface area contributed by atoms with E-state index in [4.69, 9.17) is 9.47 Å². The fourth-order valence-electron chi connectivity index (χ4n) is 4.20. The van der Waals surface area contributed by atoms with Crippen LogP contribution in [0.15, 0.2) is 24.3 Å². The summed E-state index contributed by atoms with van der Waals surface area (Å²) in [5, 5.41) is 0. The van der Waals surface area contributed by atoms with Crippen molar-refractivity contribution in [3.05, 3.63) is 64.5 Å². The van der Waals surface area contributed by atoms with Crippen LogP contribution in [0, 0.1) is 46.8 Å². The molecule has 1 aliphatic heterocycles. The molecule has 2 aromatic carbocycles. The van der Waals surface area contributed by atoms with Crippen LogP contribution in [0.4, 0.5) is 30.9 Å². The van der Waals surface area contributed by atoms with Crippen LogP contribution in [-0.4, -0.2) is 13.2 Å². The molecular weight excluding hydrogens is 469 g/mol. The predicted molar refractivity (Wildman–Crippen MR) is 108 cm³/mol.